The van der Waals surface area contributed by atoms with Crippen molar-refractivity contribution < 1.29 is 14.3 Å². The maximum atomic E-state index is 12.1. The minimum atomic E-state index is -0.622. The number of nitrogens with one attached hydrogen (secondary N) is 1. The number of amides is 2. The van der Waals surface area contributed by atoms with Crippen LogP contribution in [0.4, 0.5) is 4.79 Å². The second-order valence-electron chi connectivity index (χ2n) is 5.64. The van der Waals surface area contributed by atoms with Crippen molar-refractivity contribution in [2.75, 3.05) is 6.61 Å². The summed E-state index contributed by atoms with van der Waals surface area (Å²) in [6, 6.07) is 0. The van der Waals surface area contributed by atoms with E-state index >= 15 is 0 Å². The van der Waals surface area contributed by atoms with Crippen LogP contribution in [0, 0.1) is 23.7 Å². The van der Waals surface area contributed by atoms with Crippen molar-refractivity contribution in [1.82, 2.24) is 5.32 Å². The highest BCUT2D eigenvalue weighted by molar-refractivity contribution is 5.93. The van der Waals surface area contributed by atoms with E-state index in [2.05, 4.69) is 26.1 Å². The average Bonchev–Trinajstić information content (AvgIpc) is 2.28. The van der Waals surface area contributed by atoms with Gasteiger partial charge in [0, 0.05) is 5.92 Å². The molecule has 0 aromatic carbocycles. The van der Waals surface area contributed by atoms with Gasteiger partial charge in [-0.1, -0.05) is 20.8 Å². The van der Waals surface area contributed by atoms with Gasteiger partial charge >= 0.3 is 6.09 Å². The second kappa shape index (κ2) is 6.76. The second-order valence-corrected chi connectivity index (χ2v) is 5.64. The fraction of sp³-hybridized carbons (Fsp3) is 0.857. The Hall–Kier alpha value is -1.06. The number of alkyl carbamates (subject to hydrolysis) is 1. The fourth-order valence-electron chi connectivity index (χ4n) is 2.85. The van der Waals surface area contributed by atoms with Gasteiger partial charge in [0.2, 0.25) is 5.91 Å². The number of hydrogen-bond donors (Lipinski definition) is 1. The maximum Gasteiger partial charge on any atom is 0.413 e. The Bertz CT molecular complexity index is 301. The Morgan fingerprint density at radius 1 is 1.33 bits per heavy atom. The Labute approximate surface area is 109 Å². The monoisotopic (exact) mass is 255 g/mol. The lowest BCUT2D eigenvalue weighted by molar-refractivity contribution is -0.128. The molecule has 3 atom stereocenters. The number of ether oxygens (including phenoxy) is 1. The van der Waals surface area contributed by atoms with Crippen LogP contribution >= 0.6 is 0 Å². The van der Waals surface area contributed by atoms with Crippen LogP contribution < -0.4 is 5.32 Å². The molecule has 1 fully saturated rings. The third kappa shape index (κ3) is 4.00. The van der Waals surface area contributed by atoms with Gasteiger partial charge in [-0.2, -0.15) is 0 Å². The molecule has 0 saturated heterocycles. The van der Waals surface area contributed by atoms with Crippen molar-refractivity contribution >= 4 is 12.0 Å². The van der Waals surface area contributed by atoms with Crippen LogP contribution in [0.25, 0.3) is 0 Å². The number of rotatable bonds is 3. The normalized spacial score (nSPS) is 27.9. The van der Waals surface area contributed by atoms with E-state index in [0.717, 1.165) is 19.3 Å². The summed E-state index contributed by atoms with van der Waals surface area (Å²) in [7, 11) is 0. The molecule has 3 unspecified atom stereocenters. The van der Waals surface area contributed by atoms with E-state index < -0.39 is 6.09 Å². The SMILES string of the molecule is CCOC(=O)NC(=O)C1CCC(C)CC1C(C)C. The van der Waals surface area contributed by atoms with Crippen molar-refractivity contribution in [3.05, 3.63) is 0 Å². The third-order valence-electron chi connectivity index (χ3n) is 3.86. The largest absolute Gasteiger partial charge is 0.450 e. The maximum absolute atomic E-state index is 12.1. The van der Waals surface area contributed by atoms with E-state index in [9.17, 15) is 9.59 Å². The van der Waals surface area contributed by atoms with Gasteiger partial charge in [0.05, 0.1) is 6.61 Å². The zero-order chi connectivity index (χ0) is 13.7. The summed E-state index contributed by atoms with van der Waals surface area (Å²) in [6.07, 6.45) is 2.38. The summed E-state index contributed by atoms with van der Waals surface area (Å²) in [6.45, 7) is 8.53. The molecule has 0 aliphatic heterocycles. The summed E-state index contributed by atoms with van der Waals surface area (Å²) < 4.78 is 4.75. The van der Waals surface area contributed by atoms with Crippen molar-refractivity contribution in [1.29, 1.82) is 0 Å². The first-order valence-electron chi connectivity index (χ1n) is 6.93. The van der Waals surface area contributed by atoms with Gasteiger partial charge in [0.15, 0.2) is 0 Å². The van der Waals surface area contributed by atoms with Gasteiger partial charge in [-0.05, 0) is 43.9 Å². The third-order valence-corrected chi connectivity index (χ3v) is 3.86. The minimum Gasteiger partial charge on any atom is -0.450 e. The van der Waals surface area contributed by atoms with Crippen LogP contribution in [0.3, 0.4) is 0 Å². The highest BCUT2D eigenvalue weighted by Crippen LogP contribution is 2.38. The van der Waals surface area contributed by atoms with Crippen LogP contribution in [0.1, 0.15) is 47.0 Å². The van der Waals surface area contributed by atoms with E-state index in [4.69, 9.17) is 4.74 Å². The number of imide groups is 1. The van der Waals surface area contributed by atoms with E-state index in [1.54, 1.807) is 6.92 Å². The molecule has 2 amide bonds. The molecule has 1 saturated carbocycles. The molecule has 0 bridgehead atoms. The summed E-state index contributed by atoms with van der Waals surface area (Å²) in [5.41, 5.74) is 0. The van der Waals surface area contributed by atoms with Crippen molar-refractivity contribution in [3.8, 4) is 0 Å². The molecule has 1 rings (SSSR count). The standard InChI is InChI=1S/C14H25NO3/c1-5-18-14(17)15-13(16)11-7-6-10(4)8-12(11)9(2)3/h9-12H,5-8H2,1-4H3,(H,15,16,17). The van der Waals surface area contributed by atoms with Crippen LogP contribution in [-0.4, -0.2) is 18.6 Å². The highest BCUT2D eigenvalue weighted by atomic mass is 16.5. The molecule has 1 aliphatic rings. The summed E-state index contributed by atoms with van der Waals surface area (Å²) >= 11 is 0. The van der Waals surface area contributed by atoms with Crippen molar-refractivity contribution in [3.63, 3.8) is 0 Å². The van der Waals surface area contributed by atoms with Crippen molar-refractivity contribution in [2.45, 2.75) is 47.0 Å². The van der Waals surface area contributed by atoms with Crippen LogP contribution in [0.5, 0.6) is 0 Å². The van der Waals surface area contributed by atoms with Crippen LogP contribution in [-0.2, 0) is 9.53 Å². The smallest absolute Gasteiger partial charge is 0.413 e. The van der Waals surface area contributed by atoms with Gasteiger partial charge in [-0.15, -0.1) is 0 Å². The summed E-state index contributed by atoms with van der Waals surface area (Å²) in [5.74, 6) is 1.28. The zero-order valence-electron chi connectivity index (χ0n) is 11.9. The van der Waals surface area contributed by atoms with Gasteiger partial charge < -0.3 is 4.74 Å². The van der Waals surface area contributed by atoms with E-state index in [1.807, 2.05) is 0 Å². The lowest BCUT2D eigenvalue weighted by Gasteiger charge is -2.36. The summed E-state index contributed by atoms with van der Waals surface area (Å²) in [5, 5.41) is 2.35. The molecule has 1 N–H and O–H groups in total. The van der Waals surface area contributed by atoms with Gasteiger partial charge in [-0.25, -0.2) is 4.79 Å². The molecule has 0 spiro atoms. The molecular formula is C14H25NO3. The van der Waals surface area contributed by atoms with Crippen molar-refractivity contribution in [2.24, 2.45) is 23.7 Å². The van der Waals surface area contributed by atoms with Crippen LogP contribution in [0.2, 0.25) is 0 Å². The van der Waals surface area contributed by atoms with Gasteiger partial charge in [0.25, 0.3) is 0 Å². The first kappa shape index (κ1) is 15.0. The van der Waals surface area contributed by atoms with E-state index in [0.29, 0.717) is 17.8 Å². The molecule has 4 heteroatoms. The molecule has 4 nitrogen and oxygen atoms in total. The van der Waals surface area contributed by atoms with Gasteiger partial charge in [-0.3, -0.25) is 10.1 Å². The first-order valence-corrected chi connectivity index (χ1v) is 6.93. The molecule has 1 aliphatic carbocycles. The number of carbonyl (C=O) groups excluding carboxylic acids is 2. The van der Waals surface area contributed by atoms with Gasteiger partial charge in [0.1, 0.15) is 0 Å². The molecule has 18 heavy (non-hydrogen) atoms. The Balaban J connectivity index is 2.61. The number of carbonyl (C=O) groups is 2. The molecule has 0 heterocycles. The first-order chi connectivity index (χ1) is 8.45. The molecule has 0 radical (unpaired) electrons. The highest BCUT2D eigenvalue weighted by Gasteiger charge is 2.35. The molecular weight excluding hydrogens is 230 g/mol. The van der Waals surface area contributed by atoms with E-state index in [1.165, 1.54) is 0 Å². The molecule has 0 aromatic rings. The summed E-state index contributed by atoms with van der Waals surface area (Å²) in [4.78, 5) is 23.4. The zero-order valence-corrected chi connectivity index (χ0v) is 11.9. The predicted molar refractivity (Wildman–Crippen MR) is 70.0 cm³/mol. The lowest BCUT2D eigenvalue weighted by Crippen LogP contribution is -2.42. The Kier molecular flexibility index (Phi) is 5.63. The topological polar surface area (TPSA) is 55.4 Å². The molecule has 0 aromatic heterocycles. The van der Waals surface area contributed by atoms with E-state index in [-0.39, 0.29) is 18.4 Å². The average molecular weight is 255 g/mol. The Morgan fingerprint density at radius 2 is 2.00 bits per heavy atom. The predicted octanol–water partition coefficient (Wildman–Crippen LogP) is 2.97. The van der Waals surface area contributed by atoms with Crippen LogP contribution in [0.15, 0.2) is 0 Å². The quantitative estimate of drug-likeness (QED) is 0.843. The lowest BCUT2D eigenvalue weighted by atomic mass is 9.69. The Morgan fingerprint density at radius 3 is 2.56 bits per heavy atom. The fourth-order valence-corrected chi connectivity index (χ4v) is 2.85. The minimum absolute atomic E-state index is 0.0504. The number of hydrogen-bond acceptors (Lipinski definition) is 3. The molecule has 104 valence electrons.